The van der Waals surface area contributed by atoms with Crippen molar-refractivity contribution in [2.45, 2.75) is 18.9 Å². The Bertz CT molecular complexity index is 728. The first-order valence-electron chi connectivity index (χ1n) is 7.36. The zero-order chi connectivity index (χ0) is 13.7. The summed E-state index contributed by atoms with van der Waals surface area (Å²) < 4.78 is 0. The van der Waals surface area contributed by atoms with Crippen molar-refractivity contribution in [2.24, 2.45) is 11.8 Å². The first-order chi connectivity index (χ1) is 9.74. The number of aliphatic hydroxyl groups excluding tert-OH is 1. The molecule has 1 fully saturated rings. The normalized spacial score (nSPS) is 30.9. The number of hydrogen-bond acceptors (Lipinski definition) is 2. The molecule has 2 aliphatic carbocycles. The van der Waals surface area contributed by atoms with Gasteiger partial charge in [-0.3, -0.25) is 0 Å². The second kappa shape index (κ2) is 4.27. The lowest BCUT2D eigenvalue weighted by molar-refractivity contribution is 0.304. The molecule has 0 aromatic heterocycles. The van der Waals surface area contributed by atoms with Gasteiger partial charge in [-0.2, -0.15) is 0 Å². The van der Waals surface area contributed by atoms with Crippen LogP contribution in [0, 0.1) is 11.8 Å². The SMILES string of the molecule is CN1C=c2ccccc2=C2C3C=C(O)C=CC3CCC21. The molecule has 1 saturated carbocycles. The number of allylic oxidation sites excluding steroid dienone is 3. The summed E-state index contributed by atoms with van der Waals surface area (Å²) in [6.45, 7) is 0. The maximum atomic E-state index is 9.89. The van der Waals surface area contributed by atoms with Crippen molar-refractivity contribution >= 4 is 11.8 Å². The monoisotopic (exact) mass is 265 g/mol. The third-order valence-electron chi connectivity index (χ3n) is 4.92. The number of nitrogens with zero attached hydrogens (tertiary/aromatic N) is 1. The fraction of sp³-hybridized carbons (Fsp3) is 0.333. The fourth-order valence-electron chi connectivity index (χ4n) is 3.99. The first-order valence-corrected chi connectivity index (χ1v) is 7.36. The van der Waals surface area contributed by atoms with Gasteiger partial charge in [-0.25, -0.2) is 0 Å². The highest BCUT2D eigenvalue weighted by Gasteiger charge is 2.36. The van der Waals surface area contributed by atoms with E-state index in [4.69, 9.17) is 0 Å². The van der Waals surface area contributed by atoms with E-state index in [1.54, 1.807) is 0 Å². The van der Waals surface area contributed by atoms with Gasteiger partial charge in [-0.15, -0.1) is 0 Å². The Balaban J connectivity index is 1.99. The van der Waals surface area contributed by atoms with E-state index >= 15 is 0 Å². The Morgan fingerprint density at radius 1 is 1.20 bits per heavy atom. The molecule has 3 atom stereocenters. The molecule has 4 rings (SSSR count). The molecule has 1 N–H and O–H groups in total. The second-order valence-corrected chi connectivity index (χ2v) is 6.07. The Labute approximate surface area is 119 Å². The predicted octanol–water partition coefficient (Wildman–Crippen LogP) is 1.93. The molecule has 1 aromatic rings. The average molecular weight is 265 g/mol. The summed E-state index contributed by atoms with van der Waals surface area (Å²) in [5.41, 5.74) is 1.48. The van der Waals surface area contributed by atoms with Gasteiger partial charge in [0.1, 0.15) is 5.76 Å². The third kappa shape index (κ3) is 1.64. The van der Waals surface area contributed by atoms with Crippen molar-refractivity contribution in [2.75, 3.05) is 7.05 Å². The van der Waals surface area contributed by atoms with Crippen molar-refractivity contribution in [3.05, 3.63) is 58.7 Å². The quantitative estimate of drug-likeness (QED) is 0.775. The minimum atomic E-state index is 0.344. The summed E-state index contributed by atoms with van der Waals surface area (Å²) in [5, 5.41) is 12.6. The van der Waals surface area contributed by atoms with E-state index in [2.05, 4.69) is 48.5 Å². The Morgan fingerprint density at radius 2 is 2.05 bits per heavy atom. The van der Waals surface area contributed by atoms with Gasteiger partial charge in [0, 0.05) is 19.2 Å². The van der Waals surface area contributed by atoms with Gasteiger partial charge in [0.15, 0.2) is 0 Å². The smallest absolute Gasteiger partial charge is 0.111 e. The molecule has 0 radical (unpaired) electrons. The van der Waals surface area contributed by atoms with Gasteiger partial charge in [-0.1, -0.05) is 30.3 Å². The van der Waals surface area contributed by atoms with Gasteiger partial charge < -0.3 is 10.0 Å². The van der Waals surface area contributed by atoms with Gasteiger partial charge in [0.25, 0.3) is 0 Å². The van der Waals surface area contributed by atoms with Crippen molar-refractivity contribution in [3.8, 4) is 0 Å². The lowest BCUT2D eigenvalue weighted by Crippen LogP contribution is -2.48. The summed E-state index contributed by atoms with van der Waals surface area (Å²) in [7, 11) is 2.17. The zero-order valence-electron chi connectivity index (χ0n) is 11.7. The van der Waals surface area contributed by atoms with Gasteiger partial charge in [0.2, 0.25) is 0 Å². The molecule has 20 heavy (non-hydrogen) atoms. The molecule has 2 heteroatoms. The third-order valence-corrected chi connectivity index (χ3v) is 4.92. The highest BCUT2D eigenvalue weighted by atomic mass is 16.3. The van der Waals surface area contributed by atoms with Crippen molar-refractivity contribution in [1.82, 2.24) is 4.90 Å². The Kier molecular flexibility index (Phi) is 2.53. The summed E-state index contributed by atoms with van der Waals surface area (Å²) in [6.07, 6.45) is 10.7. The molecule has 0 amide bonds. The van der Waals surface area contributed by atoms with Crippen LogP contribution in [0.1, 0.15) is 12.8 Å². The molecule has 3 unspecified atom stereocenters. The fourth-order valence-corrected chi connectivity index (χ4v) is 3.99. The van der Waals surface area contributed by atoms with Gasteiger partial charge in [0.05, 0.1) is 6.04 Å². The Morgan fingerprint density at radius 3 is 2.95 bits per heavy atom. The van der Waals surface area contributed by atoms with Crippen LogP contribution in [0.15, 0.2) is 48.3 Å². The van der Waals surface area contributed by atoms with Crippen LogP contribution in [-0.2, 0) is 0 Å². The largest absolute Gasteiger partial charge is 0.508 e. The van der Waals surface area contributed by atoms with E-state index < -0.39 is 0 Å². The van der Waals surface area contributed by atoms with E-state index in [1.165, 1.54) is 28.9 Å². The Hall–Kier alpha value is -1.96. The van der Waals surface area contributed by atoms with Gasteiger partial charge in [-0.05, 0) is 46.9 Å². The number of fused-ring (bicyclic) bond motifs is 4. The summed E-state index contributed by atoms with van der Waals surface area (Å²) in [5.74, 6) is 1.29. The number of hydrogen-bond donors (Lipinski definition) is 1. The average Bonchev–Trinajstić information content (AvgIpc) is 2.46. The standard InChI is InChI=1S/C18H19NO/c1-19-11-13-4-2-3-5-15(13)18-16-10-14(20)8-6-12(16)7-9-17(18)19/h2-6,8,10-12,16-17,20H,7,9H2,1H3. The molecule has 2 nitrogen and oxygen atoms in total. The lowest BCUT2D eigenvalue weighted by Gasteiger charge is -2.43. The van der Waals surface area contributed by atoms with Crippen molar-refractivity contribution in [1.29, 1.82) is 0 Å². The van der Waals surface area contributed by atoms with Crippen molar-refractivity contribution < 1.29 is 5.11 Å². The molecule has 1 aliphatic heterocycles. The highest BCUT2D eigenvalue weighted by molar-refractivity contribution is 5.62. The minimum Gasteiger partial charge on any atom is -0.508 e. The van der Waals surface area contributed by atoms with Crippen molar-refractivity contribution in [3.63, 3.8) is 0 Å². The van der Waals surface area contributed by atoms with Gasteiger partial charge >= 0.3 is 0 Å². The van der Waals surface area contributed by atoms with Crippen LogP contribution in [0.2, 0.25) is 0 Å². The molecule has 1 aromatic carbocycles. The minimum absolute atomic E-state index is 0.344. The molecule has 0 spiro atoms. The number of rotatable bonds is 0. The molecule has 3 aliphatic rings. The molecule has 0 saturated heterocycles. The molecular formula is C18H19NO. The number of aliphatic hydroxyl groups is 1. The van der Waals surface area contributed by atoms with Crippen LogP contribution in [0.4, 0.5) is 0 Å². The lowest BCUT2D eigenvalue weighted by atomic mass is 9.69. The predicted molar refractivity (Wildman–Crippen MR) is 81.2 cm³/mol. The molecule has 102 valence electrons. The van der Waals surface area contributed by atoms with E-state index in [1.807, 2.05) is 12.2 Å². The summed E-state index contributed by atoms with van der Waals surface area (Å²) in [6, 6.07) is 9.10. The van der Waals surface area contributed by atoms with E-state index in [0.717, 1.165) is 0 Å². The molecular weight excluding hydrogens is 246 g/mol. The summed E-state index contributed by atoms with van der Waals surface area (Å²) >= 11 is 0. The van der Waals surface area contributed by atoms with Crippen LogP contribution in [0.5, 0.6) is 0 Å². The second-order valence-electron chi connectivity index (χ2n) is 6.07. The molecule has 1 heterocycles. The van der Waals surface area contributed by atoms with Crippen LogP contribution < -0.4 is 10.4 Å². The maximum Gasteiger partial charge on any atom is 0.111 e. The van der Waals surface area contributed by atoms with E-state index in [9.17, 15) is 5.11 Å². The maximum absolute atomic E-state index is 9.89. The summed E-state index contributed by atoms with van der Waals surface area (Å²) in [4.78, 5) is 2.34. The van der Waals surface area contributed by atoms with E-state index in [0.29, 0.717) is 23.6 Å². The zero-order valence-corrected chi connectivity index (χ0v) is 11.7. The van der Waals surface area contributed by atoms with Crippen LogP contribution in [0.3, 0.4) is 0 Å². The first kappa shape index (κ1) is 11.8. The highest BCUT2D eigenvalue weighted by Crippen LogP contribution is 2.41. The van der Waals surface area contributed by atoms with Crippen LogP contribution >= 0.6 is 0 Å². The van der Waals surface area contributed by atoms with Crippen LogP contribution in [0.25, 0.3) is 11.8 Å². The number of benzene rings is 1. The van der Waals surface area contributed by atoms with E-state index in [-0.39, 0.29) is 0 Å². The van der Waals surface area contributed by atoms with Crippen LogP contribution in [-0.4, -0.2) is 23.1 Å². The molecule has 0 bridgehead atoms. The topological polar surface area (TPSA) is 23.5 Å².